The quantitative estimate of drug-likeness (QED) is 0.722. The van der Waals surface area contributed by atoms with Crippen molar-refractivity contribution in [2.75, 3.05) is 13.2 Å². The molecule has 1 fully saturated rings. The van der Waals surface area contributed by atoms with Crippen LogP contribution in [0.4, 0.5) is 0 Å². The molecule has 100 valence electrons. The Balaban J connectivity index is 2.11. The number of aryl methyl sites for hydroxylation is 1. The number of hydrogen-bond donors (Lipinski definition) is 3. The third-order valence-corrected chi connectivity index (χ3v) is 3.79. The van der Waals surface area contributed by atoms with Crippen LogP contribution in [0.25, 0.3) is 0 Å². The van der Waals surface area contributed by atoms with Gasteiger partial charge in [-0.2, -0.15) is 0 Å². The summed E-state index contributed by atoms with van der Waals surface area (Å²) < 4.78 is 0. The highest BCUT2D eigenvalue weighted by molar-refractivity contribution is 5.25. The Bertz CT molecular complexity index is 396. The third kappa shape index (κ3) is 2.72. The van der Waals surface area contributed by atoms with E-state index in [9.17, 15) is 15.3 Å². The predicted octanol–water partition coefficient (Wildman–Crippen LogP) is 0.283. The summed E-state index contributed by atoms with van der Waals surface area (Å²) in [4.78, 5) is 2.04. The van der Waals surface area contributed by atoms with Crippen LogP contribution in [0.5, 0.6) is 0 Å². The maximum atomic E-state index is 9.90. The maximum absolute atomic E-state index is 9.90. The molecule has 1 aromatic rings. The van der Waals surface area contributed by atoms with Gasteiger partial charge in [0.1, 0.15) is 0 Å². The first-order valence-electron chi connectivity index (χ1n) is 6.39. The van der Waals surface area contributed by atoms with Crippen molar-refractivity contribution in [1.82, 2.24) is 4.90 Å². The minimum atomic E-state index is -0.868. The minimum absolute atomic E-state index is 0.135. The predicted molar refractivity (Wildman–Crippen MR) is 69.1 cm³/mol. The minimum Gasteiger partial charge on any atom is -0.395 e. The molecular formula is C14H21NO3. The van der Waals surface area contributed by atoms with Crippen molar-refractivity contribution in [2.45, 2.75) is 38.1 Å². The van der Waals surface area contributed by atoms with Crippen molar-refractivity contribution in [2.24, 2.45) is 0 Å². The van der Waals surface area contributed by atoms with Crippen molar-refractivity contribution >= 4 is 0 Å². The molecule has 0 aromatic heterocycles. The zero-order chi connectivity index (χ0) is 13.1. The Kier molecular flexibility index (Phi) is 4.35. The molecule has 2 rings (SSSR count). The number of aliphatic hydroxyl groups excluding tert-OH is 3. The molecule has 3 atom stereocenters. The average Bonchev–Trinajstić information content (AvgIpc) is 2.37. The summed E-state index contributed by atoms with van der Waals surface area (Å²) in [6, 6.07) is 7.72. The van der Waals surface area contributed by atoms with Gasteiger partial charge in [-0.25, -0.2) is 0 Å². The van der Waals surface area contributed by atoms with Crippen molar-refractivity contribution in [1.29, 1.82) is 0 Å². The van der Waals surface area contributed by atoms with Crippen molar-refractivity contribution in [3.05, 3.63) is 35.4 Å². The molecule has 4 nitrogen and oxygen atoms in total. The fourth-order valence-electron chi connectivity index (χ4n) is 2.53. The molecule has 0 amide bonds. The Morgan fingerprint density at radius 3 is 2.67 bits per heavy atom. The summed E-state index contributed by atoms with van der Waals surface area (Å²) in [5.41, 5.74) is 2.40. The van der Waals surface area contributed by atoms with Crippen LogP contribution in [0.15, 0.2) is 24.3 Å². The van der Waals surface area contributed by atoms with E-state index in [-0.39, 0.29) is 12.6 Å². The third-order valence-electron chi connectivity index (χ3n) is 3.79. The van der Waals surface area contributed by atoms with Gasteiger partial charge in [0.05, 0.1) is 24.9 Å². The van der Waals surface area contributed by atoms with Gasteiger partial charge >= 0.3 is 0 Å². The van der Waals surface area contributed by atoms with Gasteiger partial charge in [-0.1, -0.05) is 24.3 Å². The monoisotopic (exact) mass is 251 g/mol. The van der Waals surface area contributed by atoms with E-state index in [0.29, 0.717) is 19.5 Å². The fraction of sp³-hybridized carbons (Fsp3) is 0.571. The molecule has 1 heterocycles. The zero-order valence-corrected chi connectivity index (χ0v) is 10.7. The van der Waals surface area contributed by atoms with Crippen molar-refractivity contribution in [3.8, 4) is 0 Å². The van der Waals surface area contributed by atoms with Crippen LogP contribution >= 0.6 is 0 Å². The molecule has 3 unspecified atom stereocenters. The molecule has 18 heavy (non-hydrogen) atoms. The van der Waals surface area contributed by atoms with Gasteiger partial charge in [-0.05, 0) is 24.5 Å². The van der Waals surface area contributed by atoms with Gasteiger partial charge < -0.3 is 15.3 Å². The first kappa shape index (κ1) is 13.5. The van der Waals surface area contributed by atoms with Crippen LogP contribution in [0.3, 0.4) is 0 Å². The van der Waals surface area contributed by atoms with E-state index in [1.807, 2.05) is 17.0 Å². The highest BCUT2D eigenvalue weighted by Gasteiger charge is 2.35. The lowest BCUT2D eigenvalue weighted by Gasteiger charge is -2.40. The molecule has 1 aromatic carbocycles. The first-order valence-corrected chi connectivity index (χ1v) is 6.39. The summed E-state index contributed by atoms with van der Waals surface area (Å²) in [7, 11) is 0. The van der Waals surface area contributed by atoms with Crippen LogP contribution in [0, 0.1) is 6.92 Å². The molecule has 3 N–H and O–H groups in total. The first-order chi connectivity index (χ1) is 8.63. The summed E-state index contributed by atoms with van der Waals surface area (Å²) in [6.45, 7) is 3.31. The van der Waals surface area contributed by atoms with E-state index in [1.165, 1.54) is 11.1 Å². The normalized spacial score (nSPS) is 29.4. The van der Waals surface area contributed by atoms with E-state index in [2.05, 4.69) is 19.1 Å². The largest absolute Gasteiger partial charge is 0.395 e. The van der Waals surface area contributed by atoms with Gasteiger partial charge in [0, 0.05) is 13.1 Å². The van der Waals surface area contributed by atoms with E-state index >= 15 is 0 Å². The topological polar surface area (TPSA) is 63.9 Å². The molecule has 0 bridgehead atoms. The highest BCUT2D eigenvalue weighted by Crippen LogP contribution is 2.21. The molecule has 4 heteroatoms. The number of likely N-dealkylation sites (tertiary alicyclic amines) is 1. The second kappa shape index (κ2) is 5.80. The molecule has 0 spiro atoms. The lowest BCUT2D eigenvalue weighted by Crippen LogP contribution is -2.55. The van der Waals surface area contributed by atoms with Crippen LogP contribution in [-0.2, 0) is 6.54 Å². The molecular weight excluding hydrogens is 230 g/mol. The Hall–Kier alpha value is -0.940. The van der Waals surface area contributed by atoms with Crippen LogP contribution in [0.1, 0.15) is 17.5 Å². The van der Waals surface area contributed by atoms with Crippen molar-refractivity contribution < 1.29 is 15.3 Å². The van der Waals surface area contributed by atoms with Crippen LogP contribution in [0.2, 0.25) is 0 Å². The standard InChI is InChI=1S/C14H21NO3/c1-10-4-2-3-5-11(10)8-15-7-6-13(17)14(18)12(15)9-16/h2-5,12-14,16-18H,6-9H2,1H3. The lowest BCUT2D eigenvalue weighted by molar-refractivity contribution is -0.0921. The van der Waals surface area contributed by atoms with Gasteiger partial charge in [0.25, 0.3) is 0 Å². The Morgan fingerprint density at radius 1 is 1.28 bits per heavy atom. The smallest absolute Gasteiger partial charge is 0.0976 e. The number of nitrogens with zero attached hydrogens (tertiary/aromatic N) is 1. The van der Waals surface area contributed by atoms with Gasteiger partial charge in [0.15, 0.2) is 0 Å². The summed E-state index contributed by atoms with van der Waals surface area (Å²) in [6.07, 6.45) is -1.05. The second-order valence-electron chi connectivity index (χ2n) is 4.99. The van der Waals surface area contributed by atoms with Gasteiger partial charge in [-0.3, -0.25) is 4.90 Å². The number of benzene rings is 1. The molecule has 1 aliphatic heterocycles. The van der Waals surface area contributed by atoms with Gasteiger partial charge in [-0.15, -0.1) is 0 Å². The fourth-order valence-corrected chi connectivity index (χ4v) is 2.53. The molecule has 0 aliphatic carbocycles. The van der Waals surface area contributed by atoms with E-state index in [4.69, 9.17) is 0 Å². The number of piperidine rings is 1. The zero-order valence-electron chi connectivity index (χ0n) is 10.7. The van der Waals surface area contributed by atoms with Crippen LogP contribution < -0.4 is 0 Å². The van der Waals surface area contributed by atoms with Gasteiger partial charge in [0.2, 0.25) is 0 Å². The van der Waals surface area contributed by atoms with Crippen molar-refractivity contribution in [3.63, 3.8) is 0 Å². The number of hydrogen-bond acceptors (Lipinski definition) is 4. The second-order valence-corrected chi connectivity index (χ2v) is 4.99. The Labute approximate surface area is 107 Å². The highest BCUT2D eigenvalue weighted by atomic mass is 16.3. The summed E-state index contributed by atoms with van der Waals surface area (Å²) in [5.74, 6) is 0. The van der Waals surface area contributed by atoms with Crippen LogP contribution in [-0.4, -0.2) is 51.6 Å². The SMILES string of the molecule is Cc1ccccc1CN1CCC(O)C(O)C1CO. The molecule has 1 saturated heterocycles. The van der Waals surface area contributed by atoms with E-state index in [0.717, 1.165) is 0 Å². The Morgan fingerprint density at radius 2 is 2.00 bits per heavy atom. The molecule has 0 radical (unpaired) electrons. The molecule has 1 aliphatic rings. The van der Waals surface area contributed by atoms with E-state index in [1.54, 1.807) is 0 Å². The number of aliphatic hydroxyl groups is 3. The molecule has 0 saturated carbocycles. The summed E-state index contributed by atoms with van der Waals surface area (Å²) >= 11 is 0. The summed E-state index contributed by atoms with van der Waals surface area (Å²) in [5, 5.41) is 28.9. The lowest BCUT2D eigenvalue weighted by atomic mass is 9.95. The maximum Gasteiger partial charge on any atom is 0.0976 e. The average molecular weight is 251 g/mol. The number of rotatable bonds is 3. The van der Waals surface area contributed by atoms with E-state index < -0.39 is 12.2 Å².